The third-order valence-electron chi connectivity index (χ3n) is 2.27. The zero-order valence-electron chi connectivity index (χ0n) is 8.59. The normalized spacial score (nSPS) is 10.2. The number of carbonyl (C=O) groups is 1. The molecule has 0 amide bonds. The number of aromatic hydroxyl groups is 1. The van der Waals surface area contributed by atoms with E-state index in [1.807, 2.05) is 0 Å². The molecule has 0 bridgehead atoms. The number of aromatic nitrogens is 1. The summed E-state index contributed by atoms with van der Waals surface area (Å²) >= 11 is 0. The molecule has 0 unspecified atom stereocenters. The number of pyridine rings is 1. The van der Waals surface area contributed by atoms with Crippen LogP contribution in [0.4, 0.5) is 4.39 Å². The van der Waals surface area contributed by atoms with Crippen LogP contribution in [-0.2, 0) is 0 Å². The van der Waals surface area contributed by atoms with E-state index in [1.54, 1.807) is 0 Å². The maximum atomic E-state index is 13.0. The summed E-state index contributed by atoms with van der Waals surface area (Å²) < 4.78 is 13.0. The molecule has 0 radical (unpaired) electrons. The Morgan fingerprint density at radius 2 is 1.94 bits per heavy atom. The van der Waals surface area contributed by atoms with Crippen LogP contribution in [0.5, 0.6) is 5.75 Å². The molecule has 0 saturated carbocycles. The maximum Gasteiger partial charge on any atom is 0.339 e. The van der Waals surface area contributed by atoms with Gasteiger partial charge in [-0.15, -0.1) is 0 Å². The molecule has 0 aliphatic carbocycles. The van der Waals surface area contributed by atoms with Crippen LogP contribution in [0.3, 0.4) is 0 Å². The summed E-state index contributed by atoms with van der Waals surface area (Å²) in [5.74, 6) is -2.08. The van der Waals surface area contributed by atoms with Crippen LogP contribution in [0.25, 0.3) is 11.1 Å². The van der Waals surface area contributed by atoms with Crippen LogP contribution in [-0.4, -0.2) is 21.2 Å². The average Bonchev–Trinajstić information content (AvgIpc) is 2.29. The predicted molar refractivity (Wildman–Crippen MR) is 58.3 cm³/mol. The Balaban J connectivity index is 2.54. The highest BCUT2D eigenvalue weighted by Gasteiger charge is 2.11. The largest absolute Gasteiger partial charge is 0.507 e. The zero-order chi connectivity index (χ0) is 12.4. The number of carboxylic acid groups (broad SMARTS) is 1. The molecule has 0 saturated heterocycles. The molecule has 2 rings (SSSR count). The summed E-state index contributed by atoms with van der Waals surface area (Å²) in [5.41, 5.74) is 0.700. The van der Waals surface area contributed by atoms with E-state index < -0.39 is 11.8 Å². The quantitative estimate of drug-likeness (QED) is 0.834. The van der Waals surface area contributed by atoms with E-state index >= 15 is 0 Å². The van der Waals surface area contributed by atoms with Gasteiger partial charge in [0.1, 0.15) is 17.1 Å². The van der Waals surface area contributed by atoms with Crippen molar-refractivity contribution in [3.63, 3.8) is 0 Å². The minimum atomic E-state index is -1.24. The lowest BCUT2D eigenvalue weighted by molar-refractivity contribution is 0.0694. The van der Waals surface area contributed by atoms with Crippen LogP contribution < -0.4 is 0 Å². The van der Waals surface area contributed by atoms with E-state index in [9.17, 15) is 14.3 Å². The number of hydrogen-bond acceptors (Lipinski definition) is 3. The lowest BCUT2D eigenvalue weighted by Gasteiger charge is -2.04. The highest BCUT2D eigenvalue weighted by molar-refractivity contribution is 5.92. The number of rotatable bonds is 2. The summed E-state index contributed by atoms with van der Waals surface area (Å²) in [6.07, 6.45) is 2.48. The van der Waals surface area contributed by atoms with Gasteiger partial charge in [0.15, 0.2) is 0 Å². The Hall–Kier alpha value is -2.43. The van der Waals surface area contributed by atoms with E-state index in [1.165, 1.54) is 30.5 Å². The van der Waals surface area contributed by atoms with Gasteiger partial charge in [0, 0.05) is 11.8 Å². The number of benzene rings is 1. The van der Waals surface area contributed by atoms with Crippen molar-refractivity contribution in [2.45, 2.75) is 0 Å². The van der Waals surface area contributed by atoms with Crippen LogP contribution in [0.15, 0.2) is 36.7 Å². The van der Waals surface area contributed by atoms with Crippen molar-refractivity contribution in [1.29, 1.82) is 0 Å². The Kier molecular flexibility index (Phi) is 2.74. The van der Waals surface area contributed by atoms with Crippen molar-refractivity contribution in [3.05, 3.63) is 48.0 Å². The van der Waals surface area contributed by atoms with Gasteiger partial charge in [-0.2, -0.15) is 0 Å². The first-order valence-electron chi connectivity index (χ1n) is 4.75. The maximum absolute atomic E-state index is 13.0. The molecule has 17 heavy (non-hydrogen) atoms. The highest BCUT2D eigenvalue weighted by Crippen LogP contribution is 2.25. The molecule has 5 heteroatoms. The van der Waals surface area contributed by atoms with E-state index in [0.717, 1.165) is 6.20 Å². The Morgan fingerprint density at radius 1 is 1.18 bits per heavy atom. The first-order chi connectivity index (χ1) is 8.08. The van der Waals surface area contributed by atoms with Gasteiger partial charge >= 0.3 is 5.97 Å². The van der Waals surface area contributed by atoms with E-state index in [0.29, 0.717) is 11.1 Å². The van der Waals surface area contributed by atoms with Crippen LogP contribution in [0.1, 0.15) is 10.4 Å². The molecular weight excluding hydrogens is 225 g/mol. The summed E-state index contributed by atoms with van der Waals surface area (Å²) in [6, 6.07) is 5.26. The predicted octanol–water partition coefficient (Wildman–Crippen LogP) is 2.29. The zero-order valence-corrected chi connectivity index (χ0v) is 8.59. The molecular formula is C12H8FNO3. The van der Waals surface area contributed by atoms with Crippen molar-refractivity contribution in [2.24, 2.45) is 0 Å². The molecule has 4 nitrogen and oxygen atoms in total. The van der Waals surface area contributed by atoms with Gasteiger partial charge in [-0.3, -0.25) is 4.98 Å². The second-order valence-electron chi connectivity index (χ2n) is 3.43. The first kappa shape index (κ1) is 11.1. The standard InChI is InChI=1S/C12H8FNO3/c13-9-3-8(5-14-6-9)7-1-2-11(15)10(4-7)12(16)17/h1-6,15H,(H,16,17). The summed E-state index contributed by atoms with van der Waals surface area (Å²) in [6.45, 7) is 0. The third kappa shape index (κ3) is 2.23. The topological polar surface area (TPSA) is 70.4 Å². The van der Waals surface area contributed by atoms with Gasteiger partial charge in [-0.25, -0.2) is 9.18 Å². The molecule has 2 N–H and O–H groups in total. The fourth-order valence-corrected chi connectivity index (χ4v) is 1.46. The number of hydrogen-bond donors (Lipinski definition) is 2. The second-order valence-corrected chi connectivity index (χ2v) is 3.43. The number of carboxylic acids is 1. The number of nitrogens with zero attached hydrogens (tertiary/aromatic N) is 1. The number of halogens is 1. The van der Waals surface area contributed by atoms with Crippen molar-refractivity contribution >= 4 is 5.97 Å². The first-order valence-corrected chi connectivity index (χ1v) is 4.75. The number of phenols is 1. The minimum Gasteiger partial charge on any atom is -0.507 e. The lowest BCUT2D eigenvalue weighted by atomic mass is 10.0. The molecule has 86 valence electrons. The van der Waals surface area contributed by atoms with E-state index in [2.05, 4.69) is 4.98 Å². The monoisotopic (exact) mass is 233 g/mol. The molecule has 0 aliphatic heterocycles. The van der Waals surface area contributed by atoms with Gasteiger partial charge < -0.3 is 10.2 Å². The SMILES string of the molecule is O=C(O)c1cc(-c2cncc(F)c2)ccc1O. The van der Waals surface area contributed by atoms with Gasteiger partial charge in [0.05, 0.1) is 6.20 Å². The van der Waals surface area contributed by atoms with Crippen molar-refractivity contribution in [1.82, 2.24) is 4.98 Å². The van der Waals surface area contributed by atoms with Crippen molar-refractivity contribution in [2.75, 3.05) is 0 Å². The van der Waals surface area contributed by atoms with E-state index in [-0.39, 0.29) is 11.3 Å². The van der Waals surface area contributed by atoms with Crippen LogP contribution in [0, 0.1) is 5.82 Å². The fraction of sp³-hybridized carbons (Fsp3) is 0. The Bertz CT molecular complexity index is 584. The lowest BCUT2D eigenvalue weighted by Crippen LogP contribution is -1.97. The van der Waals surface area contributed by atoms with Gasteiger partial charge in [0.25, 0.3) is 0 Å². The minimum absolute atomic E-state index is 0.230. The highest BCUT2D eigenvalue weighted by atomic mass is 19.1. The van der Waals surface area contributed by atoms with Gasteiger partial charge in [0.2, 0.25) is 0 Å². The smallest absolute Gasteiger partial charge is 0.339 e. The number of aromatic carboxylic acids is 1. The molecule has 1 aromatic carbocycles. The average molecular weight is 233 g/mol. The van der Waals surface area contributed by atoms with Crippen molar-refractivity contribution < 1.29 is 19.4 Å². The molecule has 0 aliphatic rings. The molecule has 0 spiro atoms. The summed E-state index contributed by atoms with van der Waals surface area (Å²) in [4.78, 5) is 14.5. The van der Waals surface area contributed by atoms with Gasteiger partial charge in [-0.1, -0.05) is 6.07 Å². The Morgan fingerprint density at radius 3 is 2.59 bits per heavy atom. The third-order valence-corrected chi connectivity index (χ3v) is 2.27. The van der Waals surface area contributed by atoms with Gasteiger partial charge in [-0.05, 0) is 23.8 Å². The van der Waals surface area contributed by atoms with Crippen LogP contribution in [0.2, 0.25) is 0 Å². The second kappa shape index (κ2) is 4.21. The summed E-state index contributed by atoms with van der Waals surface area (Å²) in [7, 11) is 0. The van der Waals surface area contributed by atoms with Crippen LogP contribution >= 0.6 is 0 Å². The molecule has 0 atom stereocenters. The Labute approximate surface area is 96.0 Å². The molecule has 1 heterocycles. The summed E-state index contributed by atoms with van der Waals surface area (Å²) in [5, 5.41) is 18.2. The molecule has 0 fully saturated rings. The van der Waals surface area contributed by atoms with Crippen molar-refractivity contribution in [3.8, 4) is 16.9 Å². The van der Waals surface area contributed by atoms with E-state index in [4.69, 9.17) is 5.11 Å². The molecule has 2 aromatic rings. The fourth-order valence-electron chi connectivity index (χ4n) is 1.46. The molecule has 1 aromatic heterocycles.